The van der Waals surface area contributed by atoms with Crippen LogP contribution in [-0.4, -0.2) is 67.4 Å². The SMILES string of the molecule is CN1CCN(C(=O)[C@@H](N)CNC(=O)c2ccc(Cl)s2)CC1. The third-order valence-corrected chi connectivity index (χ3v) is 4.64. The number of piperazine rings is 1. The van der Waals surface area contributed by atoms with Crippen molar-refractivity contribution in [3.8, 4) is 0 Å². The molecule has 3 N–H and O–H groups in total. The van der Waals surface area contributed by atoms with Crippen molar-refractivity contribution in [1.82, 2.24) is 15.1 Å². The predicted octanol–water partition coefficient (Wildman–Crippen LogP) is 0.233. The summed E-state index contributed by atoms with van der Waals surface area (Å²) in [4.78, 5) is 28.5. The van der Waals surface area contributed by atoms with Gasteiger partial charge in [0.2, 0.25) is 5.91 Å². The molecule has 8 heteroatoms. The molecular weight excluding hydrogens is 312 g/mol. The second-order valence-corrected chi connectivity index (χ2v) is 6.76. The van der Waals surface area contributed by atoms with Crippen molar-refractivity contribution in [2.75, 3.05) is 39.8 Å². The molecule has 1 saturated heterocycles. The zero-order chi connectivity index (χ0) is 15.4. The van der Waals surface area contributed by atoms with E-state index in [1.165, 1.54) is 11.3 Å². The Bertz CT molecular complexity index is 514. The predicted molar refractivity (Wildman–Crippen MR) is 83.7 cm³/mol. The Balaban J connectivity index is 1.79. The first-order chi connectivity index (χ1) is 9.97. The van der Waals surface area contributed by atoms with Crippen molar-refractivity contribution in [3.05, 3.63) is 21.3 Å². The molecule has 1 aromatic rings. The maximum Gasteiger partial charge on any atom is 0.261 e. The van der Waals surface area contributed by atoms with E-state index in [0.29, 0.717) is 22.3 Å². The highest BCUT2D eigenvalue weighted by Crippen LogP contribution is 2.20. The molecule has 1 atom stereocenters. The lowest BCUT2D eigenvalue weighted by Crippen LogP contribution is -2.54. The van der Waals surface area contributed by atoms with E-state index in [4.69, 9.17) is 17.3 Å². The van der Waals surface area contributed by atoms with E-state index in [0.717, 1.165) is 13.1 Å². The van der Waals surface area contributed by atoms with Crippen LogP contribution in [0.5, 0.6) is 0 Å². The maximum absolute atomic E-state index is 12.2. The number of halogens is 1. The van der Waals surface area contributed by atoms with Gasteiger partial charge >= 0.3 is 0 Å². The largest absolute Gasteiger partial charge is 0.349 e. The minimum absolute atomic E-state index is 0.118. The molecule has 2 heterocycles. The summed E-state index contributed by atoms with van der Waals surface area (Å²) in [7, 11) is 2.02. The Morgan fingerprint density at radius 1 is 1.38 bits per heavy atom. The van der Waals surface area contributed by atoms with Crippen LogP contribution in [0.15, 0.2) is 12.1 Å². The number of nitrogens with zero attached hydrogens (tertiary/aromatic N) is 2. The van der Waals surface area contributed by atoms with Gasteiger partial charge in [-0.15, -0.1) is 11.3 Å². The highest BCUT2D eigenvalue weighted by molar-refractivity contribution is 7.17. The summed E-state index contributed by atoms with van der Waals surface area (Å²) < 4.78 is 0.554. The third-order valence-electron chi connectivity index (χ3n) is 3.41. The van der Waals surface area contributed by atoms with E-state index in [1.54, 1.807) is 17.0 Å². The van der Waals surface area contributed by atoms with Crippen LogP contribution in [0.1, 0.15) is 9.67 Å². The number of likely N-dealkylation sites (N-methyl/N-ethyl adjacent to an activating group) is 1. The van der Waals surface area contributed by atoms with Crippen LogP contribution in [0, 0.1) is 0 Å². The maximum atomic E-state index is 12.2. The van der Waals surface area contributed by atoms with Crippen LogP contribution >= 0.6 is 22.9 Å². The zero-order valence-electron chi connectivity index (χ0n) is 11.8. The number of nitrogens with two attached hydrogens (primary N) is 1. The summed E-state index contributed by atoms with van der Waals surface area (Å²) in [6.45, 7) is 3.17. The third kappa shape index (κ3) is 4.41. The second-order valence-electron chi connectivity index (χ2n) is 5.05. The minimum atomic E-state index is -0.715. The number of rotatable bonds is 4. The summed E-state index contributed by atoms with van der Waals surface area (Å²) in [5, 5.41) is 2.67. The van der Waals surface area contributed by atoms with Crippen LogP contribution in [0.3, 0.4) is 0 Å². The van der Waals surface area contributed by atoms with Gasteiger partial charge in [-0.1, -0.05) is 11.6 Å². The normalized spacial score (nSPS) is 17.6. The quantitative estimate of drug-likeness (QED) is 0.828. The summed E-state index contributed by atoms with van der Waals surface area (Å²) in [6.07, 6.45) is 0. The second kappa shape index (κ2) is 7.22. The number of carbonyl (C=O) groups is 2. The fourth-order valence-electron chi connectivity index (χ4n) is 2.07. The molecule has 0 unspecified atom stereocenters. The van der Waals surface area contributed by atoms with E-state index >= 15 is 0 Å². The van der Waals surface area contributed by atoms with E-state index in [9.17, 15) is 9.59 Å². The van der Waals surface area contributed by atoms with Crippen molar-refractivity contribution in [2.24, 2.45) is 5.73 Å². The molecule has 0 spiro atoms. The van der Waals surface area contributed by atoms with Gasteiger partial charge in [0.1, 0.15) is 6.04 Å². The molecule has 0 aromatic carbocycles. The van der Waals surface area contributed by atoms with Crippen molar-refractivity contribution < 1.29 is 9.59 Å². The van der Waals surface area contributed by atoms with Crippen molar-refractivity contribution in [1.29, 1.82) is 0 Å². The Morgan fingerprint density at radius 2 is 2.05 bits per heavy atom. The van der Waals surface area contributed by atoms with E-state index in [-0.39, 0.29) is 18.4 Å². The molecule has 21 heavy (non-hydrogen) atoms. The lowest BCUT2D eigenvalue weighted by molar-refractivity contribution is -0.134. The van der Waals surface area contributed by atoms with E-state index in [1.807, 2.05) is 7.05 Å². The lowest BCUT2D eigenvalue weighted by atomic mass is 10.2. The van der Waals surface area contributed by atoms with Crippen molar-refractivity contribution in [3.63, 3.8) is 0 Å². The number of nitrogens with one attached hydrogen (secondary N) is 1. The molecule has 6 nitrogen and oxygen atoms in total. The Hall–Kier alpha value is -1.15. The first-order valence-electron chi connectivity index (χ1n) is 6.74. The summed E-state index contributed by atoms with van der Waals surface area (Å²) in [5.74, 6) is -0.374. The van der Waals surface area contributed by atoms with Crippen LogP contribution in [0.4, 0.5) is 0 Å². The van der Waals surface area contributed by atoms with Gasteiger partial charge < -0.3 is 20.9 Å². The standard InChI is InChI=1S/C13H19ClN4O2S/c1-17-4-6-18(7-5-17)13(20)9(15)8-16-12(19)10-2-3-11(14)21-10/h2-3,9H,4-8,15H2,1H3,(H,16,19)/t9-/m0/s1. The highest BCUT2D eigenvalue weighted by atomic mass is 35.5. The highest BCUT2D eigenvalue weighted by Gasteiger charge is 2.24. The van der Waals surface area contributed by atoms with E-state index in [2.05, 4.69) is 10.2 Å². The number of carbonyl (C=O) groups excluding carboxylic acids is 2. The molecule has 1 aliphatic rings. The van der Waals surface area contributed by atoms with Crippen LogP contribution in [0.25, 0.3) is 0 Å². The molecule has 0 bridgehead atoms. The molecule has 0 aliphatic carbocycles. The molecule has 0 radical (unpaired) electrons. The molecule has 116 valence electrons. The lowest BCUT2D eigenvalue weighted by Gasteiger charge is -2.33. The topological polar surface area (TPSA) is 78.7 Å². The number of thiophene rings is 1. The number of hydrogen-bond donors (Lipinski definition) is 2. The summed E-state index contributed by atoms with van der Waals surface area (Å²) in [5.41, 5.74) is 5.87. The molecule has 2 rings (SSSR count). The van der Waals surface area contributed by atoms with Gasteiger partial charge in [0.25, 0.3) is 5.91 Å². The molecule has 0 saturated carbocycles. The Labute approximate surface area is 132 Å². The fraction of sp³-hybridized carbons (Fsp3) is 0.538. The first-order valence-corrected chi connectivity index (χ1v) is 7.93. The Kier molecular flexibility index (Phi) is 5.58. The average molecular weight is 331 g/mol. The summed E-state index contributed by atoms with van der Waals surface area (Å²) in [6, 6.07) is 2.60. The minimum Gasteiger partial charge on any atom is -0.349 e. The van der Waals surface area contributed by atoms with Gasteiger partial charge in [-0.25, -0.2) is 0 Å². The molecule has 1 fully saturated rings. The molecule has 2 amide bonds. The number of hydrogen-bond acceptors (Lipinski definition) is 5. The molecular formula is C13H19ClN4O2S. The fourth-order valence-corrected chi connectivity index (χ4v) is 3.03. The van der Waals surface area contributed by atoms with Gasteiger partial charge in [-0.3, -0.25) is 9.59 Å². The van der Waals surface area contributed by atoms with E-state index < -0.39 is 6.04 Å². The molecule has 1 aliphatic heterocycles. The van der Waals surface area contributed by atoms with Gasteiger partial charge in [-0.05, 0) is 19.2 Å². The van der Waals surface area contributed by atoms with Gasteiger partial charge in [-0.2, -0.15) is 0 Å². The van der Waals surface area contributed by atoms with Crippen LogP contribution in [-0.2, 0) is 4.79 Å². The smallest absolute Gasteiger partial charge is 0.261 e. The van der Waals surface area contributed by atoms with Gasteiger partial charge in [0, 0.05) is 32.7 Å². The molecule has 1 aromatic heterocycles. The zero-order valence-corrected chi connectivity index (χ0v) is 13.4. The van der Waals surface area contributed by atoms with Crippen molar-refractivity contribution >= 4 is 34.8 Å². The Morgan fingerprint density at radius 3 is 2.62 bits per heavy atom. The van der Waals surface area contributed by atoms with Crippen molar-refractivity contribution in [2.45, 2.75) is 6.04 Å². The average Bonchev–Trinajstić information content (AvgIpc) is 2.91. The first kappa shape index (κ1) is 16.2. The van der Waals surface area contributed by atoms with Crippen LogP contribution in [0.2, 0.25) is 4.34 Å². The summed E-state index contributed by atoms with van der Waals surface area (Å²) >= 11 is 6.98. The monoisotopic (exact) mass is 330 g/mol. The van der Waals surface area contributed by atoms with Gasteiger partial charge in [0.15, 0.2) is 0 Å². The number of amides is 2. The van der Waals surface area contributed by atoms with Crippen LogP contribution < -0.4 is 11.1 Å². The van der Waals surface area contributed by atoms with Gasteiger partial charge in [0.05, 0.1) is 9.21 Å².